The number of hydrogen-bond acceptors (Lipinski definition) is 3. The lowest BCUT2D eigenvalue weighted by atomic mass is 10.0. The van der Waals surface area contributed by atoms with E-state index in [-0.39, 0.29) is 11.6 Å². The molecule has 0 aliphatic carbocycles. The first-order valence-corrected chi connectivity index (χ1v) is 10.8. The maximum Gasteiger partial charge on any atom is 0.255 e. The van der Waals surface area contributed by atoms with Crippen LogP contribution in [0.25, 0.3) is 16.9 Å². The summed E-state index contributed by atoms with van der Waals surface area (Å²) >= 11 is 0. The van der Waals surface area contributed by atoms with Crippen LogP contribution < -0.4 is 0 Å². The van der Waals surface area contributed by atoms with Crippen molar-refractivity contribution in [2.75, 3.05) is 26.3 Å². The Balaban J connectivity index is 1.53. The van der Waals surface area contributed by atoms with E-state index in [2.05, 4.69) is 0 Å². The first kappa shape index (κ1) is 20.8. The fourth-order valence-corrected chi connectivity index (χ4v) is 4.62. The highest BCUT2D eigenvalue weighted by Crippen LogP contribution is 2.34. The molecular weight excluding hydrogens is 414 g/mol. The van der Waals surface area contributed by atoms with Crippen LogP contribution in [-0.2, 0) is 9.47 Å². The van der Waals surface area contributed by atoms with E-state index in [4.69, 9.17) is 9.47 Å². The number of ether oxygens (including phenoxy) is 2. The minimum absolute atomic E-state index is 0.117. The van der Waals surface area contributed by atoms with E-state index >= 15 is 0 Å². The second-order valence-electron chi connectivity index (χ2n) is 8.23. The third kappa shape index (κ3) is 3.61. The first-order valence-electron chi connectivity index (χ1n) is 10.8. The molecule has 5 nitrogen and oxygen atoms in total. The molecular formula is C25H24F2N2O3. The van der Waals surface area contributed by atoms with Gasteiger partial charge in [-0.1, -0.05) is 30.3 Å². The van der Waals surface area contributed by atoms with E-state index in [0.717, 1.165) is 11.6 Å². The Bertz CT molecular complexity index is 1140. The number of amides is 1. The molecule has 1 amide bonds. The Kier molecular flexibility index (Phi) is 5.31. The quantitative estimate of drug-likeness (QED) is 0.595. The lowest BCUT2D eigenvalue weighted by molar-refractivity contribution is -0.181. The van der Waals surface area contributed by atoms with Gasteiger partial charge in [0.05, 0.1) is 30.2 Å². The highest BCUT2D eigenvalue weighted by molar-refractivity contribution is 5.97. The average molecular weight is 438 g/mol. The standard InChI is InChI=1S/C25H24F2N2O3/c1-17-20(24(30)28-11-9-25(10-12-28)31-13-14-32-25)16-23(18-5-3-2-4-6-18)29(17)22-8-7-19(26)15-21(22)27/h2-8,15-16H,9-14H2,1H3. The lowest BCUT2D eigenvalue weighted by Gasteiger charge is -2.37. The lowest BCUT2D eigenvalue weighted by Crippen LogP contribution is -2.47. The molecule has 2 saturated heterocycles. The van der Waals surface area contributed by atoms with E-state index in [0.29, 0.717) is 56.1 Å². The first-order chi connectivity index (χ1) is 15.5. The maximum atomic E-state index is 14.8. The van der Waals surface area contributed by atoms with Crippen molar-refractivity contribution in [2.45, 2.75) is 25.6 Å². The van der Waals surface area contributed by atoms with Crippen molar-refractivity contribution >= 4 is 5.91 Å². The Hall–Kier alpha value is -3.03. The summed E-state index contributed by atoms with van der Waals surface area (Å²) in [6.07, 6.45) is 1.24. The molecule has 5 rings (SSSR count). The zero-order valence-corrected chi connectivity index (χ0v) is 17.8. The van der Waals surface area contributed by atoms with E-state index in [1.165, 1.54) is 12.1 Å². The summed E-state index contributed by atoms with van der Waals surface area (Å²) in [4.78, 5) is 15.3. The number of halogens is 2. The van der Waals surface area contributed by atoms with Crippen LogP contribution in [0.3, 0.4) is 0 Å². The van der Waals surface area contributed by atoms with E-state index in [1.54, 1.807) is 22.5 Å². The Morgan fingerprint density at radius 2 is 1.66 bits per heavy atom. The van der Waals surface area contributed by atoms with Crippen LogP contribution in [0.15, 0.2) is 54.6 Å². The molecule has 0 N–H and O–H groups in total. The molecule has 2 aliphatic rings. The van der Waals surface area contributed by atoms with Gasteiger partial charge in [0.25, 0.3) is 5.91 Å². The Morgan fingerprint density at radius 3 is 2.31 bits per heavy atom. The summed E-state index contributed by atoms with van der Waals surface area (Å²) in [7, 11) is 0. The normalized spacial score (nSPS) is 17.8. The molecule has 0 atom stereocenters. The van der Waals surface area contributed by atoms with Gasteiger partial charge in [-0.2, -0.15) is 0 Å². The van der Waals surface area contributed by atoms with Crippen molar-refractivity contribution < 1.29 is 23.0 Å². The van der Waals surface area contributed by atoms with Gasteiger partial charge in [0.2, 0.25) is 0 Å². The predicted octanol–water partition coefficient (Wildman–Crippen LogP) is 4.71. The number of rotatable bonds is 3. The van der Waals surface area contributed by atoms with Crippen LogP contribution in [0, 0.1) is 18.6 Å². The molecule has 0 unspecified atom stereocenters. The van der Waals surface area contributed by atoms with Gasteiger partial charge in [-0.25, -0.2) is 8.78 Å². The number of aromatic nitrogens is 1. The van der Waals surface area contributed by atoms with Gasteiger partial charge < -0.3 is 18.9 Å². The average Bonchev–Trinajstić information content (AvgIpc) is 3.39. The van der Waals surface area contributed by atoms with Gasteiger partial charge in [-0.05, 0) is 30.7 Å². The van der Waals surface area contributed by atoms with Crippen molar-refractivity contribution in [3.05, 3.63) is 77.5 Å². The summed E-state index contributed by atoms with van der Waals surface area (Å²) in [5.41, 5.74) is 2.81. The van der Waals surface area contributed by atoms with Gasteiger partial charge in [-0.3, -0.25) is 4.79 Å². The molecule has 2 aromatic carbocycles. The maximum absolute atomic E-state index is 14.8. The van der Waals surface area contributed by atoms with Crippen molar-refractivity contribution in [3.63, 3.8) is 0 Å². The summed E-state index contributed by atoms with van der Waals surface area (Å²) in [5.74, 6) is -2.01. The molecule has 1 spiro atoms. The summed E-state index contributed by atoms with van der Waals surface area (Å²) in [6.45, 7) is 4.00. The number of likely N-dealkylation sites (tertiary alicyclic amines) is 1. The molecule has 3 aromatic rings. The smallest absolute Gasteiger partial charge is 0.255 e. The minimum Gasteiger partial charge on any atom is -0.347 e. The number of benzene rings is 2. The van der Waals surface area contributed by atoms with E-state index < -0.39 is 17.4 Å². The summed E-state index contributed by atoms with van der Waals surface area (Å²) in [5, 5.41) is 0. The molecule has 1 aromatic heterocycles. The SMILES string of the molecule is Cc1c(C(=O)N2CCC3(CC2)OCCO3)cc(-c2ccccc2)n1-c1ccc(F)cc1F. The summed E-state index contributed by atoms with van der Waals surface area (Å²) in [6, 6.07) is 14.7. The Morgan fingerprint density at radius 1 is 0.969 bits per heavy atom. The number of carbonyl (C=O) groups excluding carboxylic acids is 1. The van der Waals surface area contributed by atoms with Crippen LogP contribution in [0.1, 0.15) is 28.9 Å². The van der Waals surface area contributed by atoms with Crippen LogP contribution in [-0.4, -0.2) is 47.5 Å². The summed E-state index contributed by atoms with van der Waals surface area (Å²) < 4.78 is 41.5. The van der Waals surface area contributed by atoms with Gasteiger partial charge in [0.15, 0.2) is 5.79 Å². The minimum atomic E-state index is -0.685. The molecule has 0 bridgehead atoms. The molecule has 3 heterocycles. The molecule has 7 heteroatoms. The van der Waals surface area contributed by atoms with Gasteiger partial charge >= 0.3 is 0 Å². The largest absolute Gasteiger partial charge is 0.347 e. The third-order valence-electron chi connectivity index (χ3n) is 6.32. The van der Waals surface area contributed by atoms with Crippen LogP contribution in [0.2, 0.25) is 0 Å². The van der Waals surface area contributed by atoms with Gasteiger partial charge in [0, 0.05) is 37.7 Å². The van der Waals surface area contributed by atoms with Crippen molar-refractivity contribution in [1.29, 1.82) is 0 Å². The van der Waals surface area contributed by atoms with Crippen LogP contribution >= 0.6 is 0 Å². The topological polar surface area (TPSA) is 43.7 Å². The van der Waals surface area contributed by atoms with Crippen molar-refractivity contribution in [3.8, 4) is 16.9 Å². The number of hydrogen-bond donors (Lipinski definition) is 0. The molecule has 0 saturated carbocycles. The second kappa shape index (κ2) is 8.15. The fraction of sp³-hybridized carbons (Fsp3) is 0.320. The van der Waals surface area contributed by atoms with E-state index in [1.807, 2.05) is 30.3 Å². The number of carbonyl (C=O) groups is 1. The molecule has 2 fully saturated rings. The molecule has 32 heavy (non-hydrogen) atoms. The predicted molar refractivity (Wildman–Crippen MR) is 116 cm³/mol. The third-order valence-corrected chi connectivity index (χ3v) is 6.32. The van der Waals surface area contributed by atoms with Crippen LogP contribution in [0.4, 0.5) is 8.78 Å². The zero-order valence-electron chi connectivity index (χ0n) is 17.8. The van der Waals surface area contributed by atoms with E-state index in [9.17, 15) is 13.6 Å². The second-order valence-corrected chi connectivity index (χ2v) is 8.23. The number of nitrogens with zero attached hydrogens (tertiary/aromatic N) is 2. The Labute approximate surface area is 185 Å². The monoisotopic (exact) mass is 438 g/mol. The highest BCUT2D eigenvalue weighted by Gasteiger charge is 2.41. The zero-order chi connectivity index (χ0) is 22.3. The highest BCUT2D eigenvalue weighted by atomic mass is 19.1. The number of piperidine rings is 1. The van der Waals surface area contributed by atoms with Gasteiger partial charge in [0.1, 0.15) is 11.6 Å². The van der Waals surface area contributed by atoms with Gasteiger partial charge in [-0.15, -0.1) is 0 Å². The van der Waals surface area contributed by atoms with Crippen molar-refractivity contribution in [1.82, 2.24) is 9.47 Å². The molecule has 2 aliphatic heterocycles. The fourth-order valence-electron chi connectivity index (χ4n) is 4.62. The molecule has 166 valence electrons. The molecule has 0 radical (unpaired) electrons. The van der Waals surface area contributed by atoms with Crippen molar-refractivity contribution in [2.24, 2.45) is 0 Å². The van der Waals surface area contributed by atoms with Crippen LogP contribution in [0.5, 0.6) is 0 Å².